The largest absolute Gasteiger partial charge is 0.370 e. The maximum absolute atomic E-state index is 11.2. The highest BCUT2D eigenvalue weighted by atomic mass is 16.1. The van der Waals surface area contributed by atoms with Crippen LogP contribution in [0.4, 0.5) is 0 Å². The maximum atomic E-state index is 11.2. The second kappa shape index (κ2) is 5.68. The van der Waals surface area contributed by atoms with Crippen molar-refractivity contribution in [2.45, 2.75) is 19.4 Å². The number of ketones is 1. The molecule has 4 N–H and O–H groups in total. The van der Waals surface area contributed by atoms with E-state index >= 15 is 0 Å². The van der Waals surface area contributed by atoms with Crippen molar-refractivity contribution in [1.82, 2.24) is 20.2 Å². The summed E-state index contributed by atoms with van der Waals surface area (Å²) < 4.78 is 1.56. The normalized spacial score (nSPS) is 9.87. The number of nitrogens with zero attached hydrogens (tertiary/aromatic N) is 5. The van der Waals surface area contributed by atoms with E-state index in [1.54, 1.807) is 4.68 Å². The van der Waals surface area contributed by atoms with E-state index in [0.29, 0.717) is 19.4 Å². The lowest BCUT2D eigenvalue weighted by atomic mass is 10.2. The van der Waals surface area contributed by atoms with Crippen molar-refractivity contribution in [3.63, 3.8) is 0 Å². The molecule has 0 saturated heterocycles. The molecule has 0 radical (unpaired) electrons. The van der Waals surface area contributed by atoms with E-state index in [1.807, 2.05) is 0 Å². The zero-order valence-corrected chi connectivity index (χ0v) is 8.20. The van der Waals surface area contributed by atoms with E-state index in [2.05, 4.69) is 20.5 Å². The number of rotatable bonds is 6. The Bertz CT molecular complexity index is 327. The molecule has 0 saturated carbocycles. The highest BCUT2D eigenvalue weighted by Gasteiger charge is 2.01. The Labute approximate surface area is 86.3 Å². The molecule has 1 aromatic heterocycles. The number of carbonyl (C=O) groups is 1. The van der Waals surface area contributed by atoms with Gasteiger partial charge in [-0.2, -0.15) is 0 Å². The van der Waals surface area contributed by atoms with Gasteiger partial charge in [0, 0.05) is 13.0 Å². The first-order valence-electron chi connectivity index (χ1n) is 4.46. The van der Waals surface area contributed by atoms with Crippen LogP contribution in [0, 0.1) is 0 Å². The van der Waals surface area contributed by atoms with Gasteiger partial charge in [-0.05, 0) is 16.8 Å². The molecule has 0 atom stereocenters. The summed E-state index contributed by atoms with van der Waals surface area (Å²) in [5, 5.41) is 10.6. The molecular formula is C7H13N7O. The third kappa shape index (κ3) is 4.69. The number of aromatic nitrogens is 4. The maximum Gasteiger partial charge on any atom is 0.186 e. The van der Waals surface area contributed by atoms with Crippen LogP contribution in [-0.2, 0) is 11.3 Å². The van der Waals surface area contributed by atoms with Crippen LogP contribution in [0.1, 0.15) is 12.8 Å². The van der Waals surface area contributed by atoms with Gasteiger partial charge < -0.3 is 11.5 Å². The van der Waals surface area contributed by atoms with Gasteiger partial charge in [0.2, 0.25) is 0 Å². The molecule has 0 unspecified atom stereocenters. The number of aliphatic imine (C=N–C) groups is 1. The lowest BCUT2D eigenvalue weighted by Crippen LogP contribution is -2.24. The molecule has 1 heterocycles. The van der Waals surface area contributed by atoms with Gasteiger partial charge >= 0.3 is 0 Å². The smallest absolute Gasteiger partial charge is 0.186 e. The van der Waals surface area contributed by atoms with Crippen molar-refractivity contribution >= 4 is 11.7 Å². The average Bonchev–Trinajstić information content (AvgIpc) is 2.67. The topological polar surface area (TPSA) is 125 Å². The van der Waals surface area contributed by atoms with Gasteiger partial charge in [0.15, 0.2) is 11.7 Å². The Morgan fingerprint density at radius 1 is 1.47 bits per heavy atom. The van der Waals surface area contributed by atoms with E-state index in [-0.39, 0.29) is 18.3 Å². The fourth-order valence-corrected chi connectivity index (χ4v) is 0.979. The number of hydrogen-bond acceptors (Lipinski definition) is 5. The van der Waals surface area contributed by atoms with Crippen LogP contribution in [0.5, 0.6) is 0 Å². The molecule has 0 aliphatic heterocycles. The summed E-state index contributed by atoms with van der Waals surface area (Å²) in [5.74, 6) is -0.0692. The first-order valence-corrected chi connectivity index (χ1v) is 4.46. The van der Waals surface area contributed by atoms with Gasteiger partial charge in [-0.25, -0.2) is 9.67 Å². The molecule has 82 valence electrons. The second-order valence-corrected chi connectivity index (χ2v) is 2.96. The summed E-state index contributed by atoms with van der Waals surface area (Å²) in [6, 6.07) is 0. The van der Waals surface area contributed by atoms with Crippen LogP contribution in [0.15, 0.2) is 11.3 Å². The minimum atomic E-state index is -0.0659. The molecule has 0 spiro atoms. The van der Waals surface area contributed by atoms with Gasteiger partial charge in [-0.1, -0.05) is 0 Å². The van der Waals surface area contributed by atoms with Crippen LogP contribution < -0.4 is 11.5 Å². The monoisotopic (exact) mass is 211 g/mol. The number of guanidine groups is 1. The van der Waals surface area contributed by atoms with Gasteiger partial charge in [0.25, 0.3) is 0 Å². The number of hydrogen-bond donors (Lipinski definition) is 2. The number of carbonyl (C=O) groups excluding carboxylic acids is 1. The van der Waals surface area contributed by atoms with Gasteiger partial charge in [0.1, 0.15) is 12.9 Å². The zero-order chi connectivity index (χ0) is 11.1. The quantitative estimate of drug-likeness (QED) is 0.426. The summed E-state index contributed by atoms with van der Waals surface area (Å²) in [6.07, 6.45) is 2.58. The molecule has 8 heteroatoms. The molecule has 0 aliphatic carbocycles. The average molecular weight is 211 g/mol. The summed E-state index contributed by atoms with van der Waals surface area (Å²) in [7, 11) is 0. The molecule has 0 amide bonds. The van der Waals surface area contributed by atoms with Crippen LogP contribution in [0.3, 0.4) is 0 Å². The minimum Gasteiger partial charge on any atom is -0.370 e. The van der Waals surface area contributed by atoms with Crippen molar-refractivity contribution in [1.29, 1.82) is 0 Å². The zero-order valence-electron chi connectivity index (χ0n) is 8.20. The molecule has 0 aromatic carbocycles. The van der Waals surface area contributed by atoms with Gasteiger partial charge in [-0.3, -0.25) is 4.79 Å². The summed E-state index contributed by atoms with van der Waals surface area (Å²) in [4.78, 5) is 14.8. The van der Waals surface area contributed by atoms with Crippen LogP contribution in [0.2, 0.25) is 0 Å². The third-order valence-electron chi connectivity index (χ3n) is 1.67. The summed E-state index contributed by atoms with van der Waals surface area (Å²) >= 11 is 0. The standard InChI is InChI=1S/C7H13N7O/c8-7(9)10-4-6(15)2-1-3-14-5-11-12-13-14/h5H,1-4H2,(H4,8,9,10). The molecule has 0 aliphatic rings. The minimum absolute atomic E-state index is 0.00326. The Kier molecular flexibility index (Phi) is 4.20. The highest BCUT2D eigenvalue weighted by molar-refractivity contribution is 5.84. The summed E-state index contributed by atoms with van der Waals surface area (Å²) in [6.45, 7) is 0.651. The fourth-order valence-electron chi connectivity index (χ4n) is 0.979. The summed E-state index contributed by atoms with van der Waals surface area (Å²) in [5.41, 5.74) is 10.2. The van der Waals surface area contributed by atoms with Gasteiger partial charge in [0.05, 0.1) is 0 Å². The molecule has 1 rings (SSSR count). The Hall–Kier alpha value is -1.99. The first kappa shape index (κ1) is 11.1. The molecule has 0 bridgehead atoms. The third-order valence-corrected chi connectivity index (χ3v) is 1.67. The van der Waals surface area contributed by atoms with E-state index in [0.717, 1.165) is 0 Å². The van der Waals surface area contributed by atoms with Crippen molar-refractivity contribution in [3.05, 3.63) is 6.33 Å². The second-order valence-electron chi connectivity index (χ2n) is 2.96. The first-order chi connectivity index (χ1) is 7.18. The van der Waals surface area contributed by atoms with Crippen molar-refractivity contribution < 1.29 is 4.79 Å². The lowest BCUT2D eigenvalue weighted by molar-refractivity contribution is -0.117. The van der Waals surface area contributed by atoms with E-state index in [4.69, 9.17) is 11.5 Å². The van der Waals surface area contributed by atoms with E-state index in [1.165, 1.54) is 6.33 Å². The predicted molar refractivity (Wildman–Crippen MR) is 52.7 cm³/mol. The molecule has 8 nitrogen and oxygen atoms in total. The Morgan fingerprint density at radius 2 is 2.27 bits per heavy atom. The predicted octanol–water partition coefficient (Wildman–Crippen LogP) is -1.70. The van der Waals surface area contributed by atoms with Crippen molar-refractivity contribution in [2.75, 3.05) is 6.54 Å². The molecule has 15 heavy (non-hydrogen) atoms. The van der Waals surface area contributed by atoms with E-state index < -0.39 is 0 Å². The molecule has 1 aromatic rings. The van der Waals surface area contributed by atoms with Crippen LogP contribution in [0.25, 0.3) is 0 Å². The van der Waals surface area contributed by atoms with Crippen LogP contribution in [-0.4, -0.2) is 38.5 Å². The number of Topliss-reactive ketones (excluding diaryl/α,β-unsaturated/α-hetero) is 1. The van der Waals surface area contributed by atoms with E-state index in [9.17, 15) is 4.79 Å². The van der Waals surface area contributed by atoms with Gasteiger partial charge in [-0.15, -0.1) is 5.10 Å². The molecular weight excluding hydrogens is 198 g/mol. The fraction of sp³-hybridized carbons (Fsp3) is 0.571. The molecule has 0 fully saturated rings. The number of tetrazole rings is 1. The SMILES string of the molecule is NC(N)=NCC(=O)CCCn1cnnn1. The number of aryl methyl sites for hydroxylation is 1. The lowest BCUT2D eigenvalue weighted by Gasteiger charge is -1.98. The van der Waals surface area contributed by atoms with Crippen LogP contribution >= 0.6 is 0 Å². The Morgan fingerprint density at radius 3 is 2.87 bits per heavy atom. The Balaban J connectivity index is 2.15. The highest BCUT2D eigenvalue weighted by Crippen LogP contribution is 1.94. The van der Waals surface area contributed by atoms with Crippen molar-refractivity contribution in [3.8, 4) is 0 Å². The number of nitrogens with two attached hydrogens (primary N) is 2. The van der Waals surface area contributed by atoms with Crippen molar-refractivity contribution in [2.24, 2.45) is 16.5 Å².